The number of benzene rings is 1. The van der Waals surface area contributed by atoms with Gasteiger partial charge in [-0.1, -0.05) is 25.1 Å². The van der Waals surface area contributed by atoms with Gasteiger partial charge in [0.25, 0.3) is 0 Å². The summed E-state index contributed by atoms with van der Waals surface area (Å²) in [6.07, 6.45) is 0. The maximum atomic E-state index is 4.33. The van der Waals surface area contributed by atoms with Crippen LogP contribution >= 0.6 is 11.8 Å². The maximum absolute atomic E-state index is 4.33. The van der Waals surface area contributed by atoms with Crippen LogP contribution in [0.3, 0.4) is 0 Å². The largest absolute Gasteiger partial charge is 0.356 e. The predicted molar refractivity (Wildman–Crippen MR) is 110 cm³/mol. The van der Waals surface area contributed by atoms with Crippen molar-refractivity contribution in [3.8, 4) is 0 Å². The molecule has 0 aromatic heterocycles. The van der Waals surface area contributed by atoms with Gasteiger partial charge in [-0.25, -0.2) is 0 Å². The molecule has 6 heteroatoms. The van der Waals surface area contributed by atoms with Gasteiger partial charge >= 0.3 is 0 Å². The minimum atomic E-state index is 0.524. The van der Waals surface area contributed by atoms with Crippen molar-refractivity contribution < 1.29 is 0 Å². The van der Waals surface area contributed by atoms with E-state index in [1.807, 2.05) is 18.8 Å². The number of guanidine groups is 1. The average Bonchev–Trinajstić information content (AvgIpc) is 2.68. The molecule has 1 aliphatic rings. The second kappa shape index (κ2) is 11.4. The number of hydrogen-bond donors (Lipinski definition) is 2. The maximum Gasteiger partial charge on any atom is 0.191 e. The molecule has 1 fully saturated rings. The van der Waals surface area contributed by atoms with E-state index in [-0.39, 0.29) is 0 Å². The van der Waals surface area contributed by atoms with Crippen LogP contribution < -0.4 is 10.6 Å². The Kier molecular flexibility index (Phi) is 9.15. The van der Waals surface area contributed by atoms with E-state index in [4.69, 9.17) is 0 Å². The summed E-state index contributed by atoms with van der Waals surface area (Å²) in [6.45, 7) is 12.2. The SMILES string of the molecule is CCN1CCN(C(C)CNC(=NC)NCCSc2ccccc2)CC1. The molecule has 5 nitrogen and oxygen atoms in total. The molecule has 0 saturated carbocycles. The molecule has 1 heterocycles. The van der Waals surface area contributed by atoms with Gasteiger partial charge in [0.2, 0.25) is 0 Å². The zero-order valence-corrected chi connectivity index (χ0v) is 16.7. The molecule has 1 aromatic carbocycles. The van der Waals surface area contributed by atoms with Crippen LogP contribution in [-0.4, -0.2) is 80.4 Å². The zero-order valence-electron chi connectivity index (χ0n) is 15.9. The van der Waals surface area contributed by atoms with Gasteiger partial charge in [0.1, 0.15) is 0 Å². The number of piperazine rings is 1. The number of nitrogens with one attached hydrogen (secondary N) is 2. The van der Waals surface area contributed by atoms with Gasteiger partial charge in [0.15, 0.2) is 5.96 Å². The molecular formula is C19H33N5S. The highest BCUT2D eigenvalue weighted by molar-refractivity contribution is 7.99. The number of nitrogens with zero attached hydrogens (tertiary/aromatic N) is 3. The van der Waals surface area contributed by atoms with E-state index in [9.17, 15) is 0 Å². The summed E-state index contributed by atoms with van der Waals surface area (Å²) in [5, 5.41) is 6.87. The van der Waals surface area contributed by atoms with Crippen LogP contribution in [0.4, 0.5) is 0 Å². The molecule has 0 amide bonds. The van der Waals surface area contributed by atoms with Crippen molar-refractivity contribution in [1.82, 2.24) is 20.4 Å². The van der Waals surface area contributed by atoms with E-state index >= 15 is 0 Å². The van der Waals surface area contributed by atoms with Crippen LogP contribution in [0.25, 0.3) is 0 Å². The number of rotatable bonds is 8. The molecule has 2 N–H and O–H groups in total. The van der Waals surface area contributed by atoms with Crippen molar-refractivity contribution >= 4 is 17.7 Å². The van der Waals surface area contributed by atoms with Gasteiger partial charge in [-0.15, -0.1) is 11.8 Å². The molecule has 1 saturated heterocycles. The van der Waals surface area contributed by atoms with E-state index in [0.717, 1.165) is 44.4 Å². The standard InChI is InChI=1S/C19H33N5S/c1-4-23-11-13-24(14-12-23)17(2)16-22-19(20-3)21-10-15-25-18-8-6-5-7-9-18/h5-9,17H,4,10-16H2,1-3H3,(H2,20,21,22). The van der Waals surface area contributed by atoms with E-state index in [2.05, 4.69) is 69.6 Å². The molecule has 0 spiro atoms. The predicted octanol–water partition coefficient (Wildman–Crippen LogP) is 1.97. The van der Waals surface area contributed by atoms with Crippen LogP contribution in [0.5, 0.6) is 0 Å². The Balaban J connectivity index is 1.61. The fourth-order valence-corrected chi connectivity index (χ4v) is 3.76. The van der Waals surface area contributed by atoms with Crippen LogP contribution in [0.2, 0.25) is 0 Å². The molecule has 0 radical (unpaired) electrons. The average molecular weight is 364 g/mol. The molecule has 0 bridgehead atoms. The third-order valence-electron chi connectivity index (χ3n) is 4.67. The normalized spacial score (nSPS) is 18.1. The summed E-state index contributed by atoms with van der Waals surface area (Å²) < 4.78 is 0. The zero-order chi connectivity index (χ0) is 17.9. The highest BCUT2D eigenvalue weighted by Gasteiger charge is 2.20. The van der Waals surface area contributed by atoms with Gasteiger partial charge in [-0.2, -0.15) is 0 Å². The van der Waals surface area contributed by atoms with Crippen molar-refractivity contribution in [3.05, 3.63) is 30.3 Å². The van der Waals surface area contributed by atoms with Crippen LogP contribution in [-0.2, 0) is 0 Å². The fourth-order valence-electron chi connectivity index (χ4n) is 2.97. The number of thioether (sulfide) groups is 1. The van der Waals surface area contributed by atoms with Gasteiger partial charge in [0.05, 0.1) is 0 Å². The van der Waals surface area contributed by atoms with Crippen molar-refractivity contribution in [2.24, 2.45) is 4.99 Å². The summed E-state index contributed by atoms with van der Waals surface area (Å²) in [5.41, 5.74) is 0. The van der Waals surface area contributed by atoms with Crippen molar-refractivity contribution in [2.75, 3.05) is 58.6 Å². The molecule has 2 rings (SSSR count). The van der Waals surface area contributed by atoms with Crippen molar-refractivity contribution in [2.45, 2.75) is 24.8 Å². The highest BCUT2D eigenvalue weighted by Crippen LogP contribution is 2.15. The topological polar surface area (TPSA) is 42.9 Å². The second-order valence-corrected chi connectivity index (χ2v) is 7.53. The molecule has 140 valence electrons. The molecule has 0 aliphatic carbocycles. The van der Waals surface area contributed by atoms with Crippen molar-refractivity contribution in [1.29, 1.82) is 0 Å². The van der Waals surface area contributed by atoms with Gasteiger partial charge < -0.3 is 15.5 Å². The Hall–Kier alpha value is -1.24. The minimum Gasteiger partial charge on any atom is -0.356 e. The van der Waals surface area contributed by atoms with Gasteiger partial charge in [-0.05, 0) is 25.6 Å². The van der Waals surface area contributed by atoms with E-state index in [1.165, 1.54) is 18.0 Å². The lowest BCUT2D eigenvalue weighted by molar-refractivity contribution is 0.107. The summed E-state index contributed by atoms with van der Waals surface area (Å²) in [7, 11) is 1.84. The monoisotopic (exact) mass is 363 g/mol. The van der Waals surface area contributed by atoms with E-state index in [1.54, 1.807) is 0 Å². The third-order valence-corrected chi connectivity index (χ3v) is 5.69. The molecule has 1 aromatic rings. The summed E-state index contributed by atoms with van der Waals surface area (Å²) in [6, 6.07) is 11.0. The third kappa shape index (κ3) is 7.26. The molecular weight excluding hydrogens is 330 g/mol. The minimum absolute atomic E-state index is 0.524. The number of hydrogen-bond acceptors (Lipinski definition) is 4. The van der Waals surface area contributed by atoms with Gasteiger partial charge in [-0.3, -0.25) is 9.89 Å². The molecule has 1 aliphatic heterocycles. The summed E-state index contributed by atoms with van der Waals surface area (Å²) in [4.78, 5) is 10.7. The fraction of sp³-hybridized carbons (Fsp3) is 0.632. The van der Waals surface area contributed by atoms with Crippen LogP contribution in [0.1, 0.15) is 13.8 Å². The smallest absolute Gasteiger partial charge is 0.191 e. The summed E-state index contributed by atoms with van der Waals surface area (Å²) >= 11 is 1.86. The Morgan fingerprint density at radius 3 is 2.52 bits per heavy atom. The Morgan fingerprint density at radius 2 is 1.88 bits per heavy atom. The first-order valence-electron chi connectivity index (χ1n) is 9.31. The van der Waals surface area contributed by atoms with E-state index < -0.39 is 0 Å². The molecule has 1 unspecified atom stereocenters. The summed E-state index contributed by atoms with van der Waals surface area (Å²) in [5.74, 6) is 1.92. The first-order valence-corrected chi connectivity index (χ1v) is 10.3. The second-order valence-electron chi connectivity index (χ2n) is 6.36. The number of likely N-dealkylation sites (N-methyl/N-ethyl adjacent to an activating group) is 1. The quantitative estimate of drug-likeness (QED) is 0.320. The lowest BCUT2D eigenvalue weighted by atomic mass is 10.2. The van der Waals surface area contributed by atoms with Crippen LogP contribution in [0.15, 0.2) is 40.2 Å². The van der Waals surface area contributed by atoms with Crippen LogP contribution in [0, 0.1) is 0 Å². The lowest BCUT2D eigenvalue weighted by Crippen LogP contribution is -2.53. The van der Waals surface area contributed by atoms with Crippen molar-refractivity contribution in [3.63, 3.8) is 0 Å². The van der Waals surface area contributed by atoms with Gasteiger partial charge in [0, 0.05) is 63.0 Å². The molecule has 25 heavy (non-hydrogen) atoms. The Morgan fingerprint density at radius 1 is 1.16 bits per heavy atom. The molecule has 1 atom stereocenters. The lowest BCUT2D eigenvalue weighted by Gasteiger charge is -2.37. The van der Waals surface area contributed by atoms with E-state index in [0.29, 0.717) is 6.04 Å². The number of aliphatic imine (C=N–C) groups is 1. The first kappa shape index (κ1) is 20.1. The Bertz CT molecular complexity index is 500. The highest BCUT2D eigenvalue weighted by atomic mass is 32.2. The Labute approximate surface area is 157 Å². The first-order chi connectivity index (χ1) is 12.2.